The van der Waals surface area contributed by atoms with Crippen molar-refractivity contribution >= 4 is 24.1 Å². The van der Waals surface area contributed by atoms with Crippen LogP contribution in [0.25, 0.3) is 0 Å². The Hall–Kier alpha value is -0.440. The average molecular weight is 159 g/mol. The summed E-state index contributed by atoms with van der Waals surface area (Å²) in [6.07, 6.45) is 4.14. The first-order valence-corrected chi connectivity index (χ1v) is 3.98. The van der Waals surface area contributed by atoms with E-state index in [2.05, 4.69) is 19.1 Å². The molecular weight excluding hydrogens is 146 g/mol. The number of carbonyl (C=O) groups excluding carboxylic acids is 1. The second-order valence-corrected chi connectivity index (χ2v) is 2.37. The van der Waals surface area contributed by atoms with Crippen molar-refractivity contribution in [1.82, 2.24) is 4.90 Å². The van der Waals surface area contributed by atoms with Crippen molar-refractivity contribution in [1.29, 1.82) is 0 Å². The molecule has 0 spiro atoms. The first-order valence-electron chi connectivity index (χ1n) is 3.51. The summed E-state index contributed by atoms with van der Waals surface area (Å²) >= 11 is 4.59. The molecular formula is C7H13NOS. The number of carbonyl (C=O) groups is 1. The van der Waals surface area contributed by atoms with Crippen LogP contribution in [0.15, 0.2) is 0 Å². The number of rotatable bonds is 6. The monoisotopic (exact) mass is 159 g/mol. The van der Waals surface area contributed by atoms with E-state index < -0.39 is 0 Å². The average Bonchev–Trinajstić information content (AvgIpc) is 1.99. The van der Waals surface area contributed by atoms with Gasteiger partial charge in [-0.05, 0) is 6.42 Å². The summed E-state index contributed by atoms with van der Waals surface area (Å²) in [7, 11) is 0. The highest BCUT2D eigenvalue weighted by Crippen LogP contribution is 1.94. The van der Waals surface area contributed by atoms with Gasteiger partial charge in [0.15, 0.2) is 0 Å². The zero-order chi connectivity index (χ0) is 7.82. The Morgan fingerprint density at radius 3 is 2.60 bits per heavy atom. The van der Waals surface area contributed by atoms with Gasteiger partial charge in [-0.3, -0.25) is 4.79 Å². The van der Waals surface area contributed by atoms with Gasteiger partial charge in [-0.1, -0.05) is 32.0 Å². The molecule has 0 fully saturated rings. The molecule has 0 bridgehead atoms. The molecule has 2 nitrogen and oxygen atoms in total. The van der Waals surface area contributed by atoms with E-state index in [1.807, 2.05) is 0 Å². The van der Waals surface area contributed by atoms with Gasteiger partial charge in [-0.2, -0.15) is 0 Å². The van der Waals surface area contributed by atoms with E-state index in [1.54, 1.807) is 0 Å². The van der Waals surface area contributed by atoms with Crippen molar-refractivity contribution in [3.63, 3.8) is 0 Å². The molecule has 0 unspecified atom stereocenters. The summed E-state index contributed by atoms with van der Waals surface area (Å²) in [5, 5.41) is 0. The van der Waals surface area contributed by atoms with Crippen LogP contribution in [0.4, 0.5) is 0 Å². The Labute approximate surface area is 67.2 Å². The SMILES string of the molecule is CCCCCN(C=O)C=S. The van der Waals surface area contributed by atoms with Gasteiger partial charge in [-0.25, -0.2) is 0 Å². The molecule has 0 heterocycles. The summed E-state index contributed by atoms with van der Waals surface area (Å²) < 4.78 is 0. The molecule has 0 radical (unpaired) electrons. The predicted molar refractivity (Wildman–Crippen MR) is 46.0 cm³/mol. The Morgan fingerprint density at radius 2 is 2.20 bits per heavy atom. The minimum Gasteiger partial charge on any atom is -0.312 e. The molecule has 0 aromatic carbocycles. The largest absolute Gasteiger partial charge is 0.312 e. The van der Waals surface area contributed by atoms with Gasteiger partial charge in [0.1, 0.15) is 0 Å². The van der Waals surface area contributed by atoms with Gasteiger partial charge in [0, 0.05) is 6.54 Å². The number of thiocarbonyl (C=S) groups is 1. The van der Waals surface area contributed by atoms with Gasteiger partial charge in [0.05, 0.1) is 5.49 Å². The Balaban J connectivity index is 3.25. The van der Waals surface area contributed by atoms with Gasteiger partial charge in [0.2, 0.25) is 6.41 Å². The van der Waals surface area contributed by atoms with Crippen molar-refractivity contribution < 1.29 is 4.79 Å². The molecule has 3 heteroatoms. The third kappa shape index (κ3) is 4.44. The summed E-state index contributed by atoms with van der Waals surface area (Å²) in [6, 6.07) is 0. The lowest BCUT2D eigenvalue weighted by atomic mass is 10.2. The summed E-state index contributed by atoms with van der Waals surface area (Å²) in [5.74, 6) is 0. The van der Waals surface area contributed by atoms with Crippen LogP contribution < -0.4 is 0 Å². The van der Waals surface area contributed by atoms with Crippen LogP contribution in [-0.4, -0.2) is 23.3 Å². The molecule has 0 atom stereocenters. The molecule has 1 amide bonds. The fourth-order valence-corrected chi connectivity index (χ4v) is 0.830. The highest BCUT2D eigenvalue weighted by Gasteiger charge is 1.93. The lowest BCUT2D eigenvalue weighted by Crippen LogP contribution is -2.19. The van der Waals surface area contributed by atoms with E-state index in [0.29, 0.717) is 0 Å². The Bertz CT molecular complexity index is 97.8. The minimum absolute atomic E-state index is 0.765. The van der Waals surface area contributed by atoms with E-state index in [9.17, 15) is 4.79 Å². The maximum absolute atomic E-state index is 10.2. The second-order valence-electron chi connectivity index (χ2n) is 2.16. The molecule has 0 aliphatic heterocycles. The maximum Gasteiger partial charge on any atom is 0.214 e. The highest BCUT2D eigenvalue weighted by atomic mass is 32.1. The Morgan fingerprint density at radius 1 is 1.50 bits per heavy atom. The molecule has 0 rings (SSSR count). The van der Waals surface area contributed by atoms with Crippen molar-refractivity contribution in [3.8, 4) is 0 Å². The fraction of sp³-hybridized carbons (Fsp3) is 0.714. The van der Waals surface area contributed by atoms with Crippen molar-refractivity contribution in [2.24, 2.45) is 0 Å². The highest BCUT2D eigenvalue weighted by molar-refractivity contribution is 7.78. The summed E-state index contributed by atoms with van der Waals surface area (Å²) in [5.41, 5.74) is 1.39. The van der Waals surface area contributed by atoms with Gasteiger partial charge >= 0.3 is 0 Å². The van der Waals surface area contributed by atoms with Crippen LogP contribution in [0.1, 0.15) is 26.2 Å². The number of unbranched alkanes of at least 4 members (excludes halogenated alkanes) is 2. The van der Waals surface area contributed by atoms with Gasteiger partial charge in [0.25, 0.3) is 0 Å². The molecule has 0 saturated carbocycles. The van der Waals surface area contributed by atoms with Crippen LogP contribution in [0.3, 0.4) is 0 Å². The summed E-state index contributed by atoms with van der Waals surface area (Å²) in [6.45, 7) is 2.89. The fourth-order valence-electron chi connectivity index (χ4n) is 0.675. The van der Waals surface area contributed by atoms with Crippen LogP contribution in [0.5, 0.6) is 0 Å². The molecule has 0 saturated heterocycles. The van der Waals surface area contributed by atoms with E-state index in [-0.39, 0.29) is 0 Å². The van der Waals surface area contributed by atoms with Crippen LogP contribution in [-0.2, 0) is 4.79 Å². The molecule has 0 aromatic rings. The molecule has 0 aromatic heterocycles. The Kier molecular flexibility index (Phi) is 6.38. The number of amides is 1. The first-order chi connectivity index (χ1) is 4.85. The van der Waals surface area contributed by atoms with Gasteiger partial charge in [-0.15, -0.1) is 0 Å². The lowest BCUT2D eigenvalue weighted by Gasteiger charge is -2.08. The van der Waals surface area contributed by atoms with Crippen molar-refractivity contribution in [2.75, 3.05) is 6.54 Å². The van der Waals surface area contributed by atoms with Crippen LogP contribution in [0, 0.1) is 0 Å². The zero-order valence-electron chi connectivity index (χ0n) is 6.25. The minimum atomic E-state index is 0.765. The quantitative estimate of drug-likeness (QED) is 0.333. The maximum atomic E-state index is 10.2. The third-order valence-electron chi connectivity index (χ3n) is 1.29. The first kappa shape index (κ1) is 9.56. The second kappa shape index (κ2) is 6.68. The molecule has 0 N–H and O–H groups in total. The standard InChI is InChI=1S/C7H13NOS/c1-2-3-4-5-8(6-9)7-10/h6-7H,2-5H2,1H3. The zero-order valence-corrected chi connectivity index (χ0v) is 7.06. The number of hydrogen-bond acceptors (Lipinski definition) is 2. The van der Waals surface area contributed by atoms with E-state index in [0.717, 1.165) is 25.8 Å². The van der Waals surface area contributed by atoms with Gasteiger partial charge < -0.3 is 4.90 Å². The third-order valence-corrected chi connectivity index (χ3v) is 1.56. The normalized spacial score (nSPS) is 8.90. The lowest BCUT2D eigenvalue weighted by molar-refractivity contribution is -0.114. The summed E-state index contributed by atoms with van der Waals surface area (Å²) in [4.78, 5) is 11.6. The molecule has 10 heavy (non-hydrogen) atoms. The molecule has 58 valence electrons. The van der Waals surface area contributed by atoms with Crippen molar-refractivity contribution in [3.05, 3.63) is 0 Å². The smallest absolute Gasteiger partial charge is 0.214 e. The van der Waals surface area contributed by atoms with E-state index in [4.69, 9.17) is 0 Å². The van der Waals surface area contributed by atoms with E-state index in [1.165, 1.54) is 16.8 Å². The molecule has 0 aliphatic rings. The molecule has 0 aliphatic carbocycles. The van der Waals surface area contributed by atoms with Crippen LogP contribution in [0.2, 0.25) is 0 Å². The van der Waals surface area contributed by atoms with Crippen molar-refractivity contribution in [2.45, 2.75) is 26.2 Å². The number of hydrogen-bond donors (Lipinski definition) is 0. The van der Waals surface area contributed by atoms with Crippen LogP contribution >= 0.6 is 12.2 Å². The van der Waals surface area contributed by atoms with E-state index >= 15 is 0 Å². The number of nitrogens with zero attached hydrogens (tertiary/aromatic N) is 1. The predicted octanol–water partition coefficient (Wildman–Crippen LogP) is 1.59. The topological polar surface area (TPSA) is 20.3 Å².